The highest BCUT2D eigenvalue weighted by atomic mass is 19.4. The lowest BCUT2D eigenvalue weighted by atomic mass is 9.98. The van der Waals surface area contributed by atoms with E-state index in [1.54, 1.807) is 48.9 Å². The van der Waals surface area contributed by atoms with E-state index in [-0.39, 0.29) is 18.3 Å². The van der Waals surface area contributed by atoms with Gasteiger partial charge in [-0.1, -0.05) is 54.6 Å². The zero-order chi connectivity index (χ0) is 29.5. The predicted octanol–water partition coefficient (Wildman–Crippen LogP) is 5.57. The molecule has 8 nitrogen and oxygen atoms in total. The van der Waals surface area contributed by atoms with Gasteiger partial charge in [0.25, 0.3) is 5.91 Å². The summed E-state index contributed by atoms with van der Waals surface area (Å²) in [5.41, 5.74) is 7.67. The number of aromatic nitrogens is 4. The second-order valence-electron chi connectivity index (χ2n) is 9.73. The minimum absolute atomic E-state index is 0.174. The summed E-state index contributed by atoms with van der Waals surface area (Å²) in [7, 11) is 0. The molecule has 5 aromatic rings. The predicted molar refractivity (Wildman–Crippen MR) is 154 cm³/mol. The maximum Gasteiger partial charge on any atom is 0.435 e. The number of halogens is 3. The molecule has 5 rings (SSSR count). The Morgan fingerprint density at radius 2 is 1.74 bits per heavy atom. The fourth-order valence-electron chi connectivity index (χ4n) is 4.69. The fraction of sp³-hybridized carbons (Fsp3) is 0.194. The summed E-state index contributed by atoms with van der Waals surface area (Å²) in [5, 5.41) is 10.1. The van der Waals surface area contributed by atoms with Crippen LogP contribution in [0.1, 0.15) is 45.3 Å². The van der Waals surface area contributed by atoms with Gasteiger partial charge >= 0.3 is 6.18 Å². The maximum atomic E-state index is 13.6. The van der Waals surface area contributed by atoms with E-state index in [1.807, 2.05) is 53.2 Å². The highest BCUT2D eigenvalue weighted by Crippen LogP contribution is 2.30. The van der Waals surface area contributed by atoms with Gasteiger partial charge in [-0.05, 0) is 53.9 Å². The average Bonchev–Trinajstić information content (AvgIpc) is 3.69. The number of carbonyl (C=O) groups excluding carboxylic acids is 1. The molecule has 0 spiro atoms. The van der Waals surface area contributed by atoms with Crippen LogP contribution in [-0.4, -0.2) is 31.8 Å². The van der Waals surface area contributed by atoms with Crippen molar-refractivity contribution >= 4 is 11.6 Å². The zero-order valence-corrected chi connectivity index (χ0v) is 22.6. The standard InChI is InChI=1S/C31H30F3N7O/c32-31(33,34)28-19-27(41(39-28)26-12-4-7-22(17-26)20-35)30(42)38-25-11-5-10-24(18-25)29(23-8-2-1-3-9-23)37-13-6-15-40-16-14-36-21-40/h1-5,7-12,14,16-19,21,29,37H,6,13,15,20,35H2,(H,38,42). The summed E-state index contributed by atoms with van der Waals surface area (Å²) < 4.78 is 43.8. The van der Waals surface area contributed by atoms with Gasteiger partial charge in [0.1, 0.15) is 5.69 Å². The lowest BCUT2D eigenvalue weighted by molar-refractivity contribution is -0.141. The molecule has 0 aliphatic carbocycles. The quantitative estimate of drug-likeness (QED) is 0.179. The minimum Gasteiger partial charge on any atom is -0.337 e. The van der Waals surface area contributed by atoms with Gasteiger partial charge < -0.3 is 20.9 Å². The Bertz CT molecular complexity index is 1620. The summed E-state index contributed by atoms with van der Waals surface area (Å²) >= 11 is 0. The van der Waals surface area contributed by atoms with Gasteiger partial charge in [-0.2, -0.15) is 18.3 Å². The largest absolute Gasteiger partial charge is 0.435 e. The number of nitrogens with two attached hydrogens (primary N) is 1. The van der Waals surface area contributed by atoms with Crippen LogP contribution in [0.3, 0.4) is 0 Å². The number of nitrogens with zero attached hydrogens (tertiary/aromatic N) is 4. The third kappa shape index (κ3) is 6.93. The monoisotopic (exact) mass is 573 g/mol. The summed E-state index contributed by atoms with van der Waals surface area (Å²) in [4.78, 5) is 17.5. The van der Waals surface area contributed by atoms with Crippen LogP contribution in [0.5, 0.6) is 0 Å². The first-order valence-electron chi connectivity index (χ1n) is 13.4. The van der Waals surface area contributed by atoms with E-state index in [2.05, 4.69) is 20.7 Å². The molecule has 4 N–H and O–H groups in total. The van der Waals surface area contributed by atoms with Crippen LogP contribution in [0.2, 0.25) is 0 Å². The smallest absolute Gasteiger partial charge is 0.337 e. The number of amides is 1. The summed E-state index contributed by atoms with van der Waals surface area (Å²) in [6.07, 6.45) is 1.58. The maximum absolute atomic E-state index is 13.6. The van der Waals surface area contributed by atoms with Crippen LogP contribution in [-0.2, 0) is 19.3 Å². The molecule has 0 saturated carbocycles. The lowest BCUT2D eigenvalue weighted by Gasteiger charge is -2.21. The molecule has 1 atom stereocenters. The van der Waals surface area contributed by atoms with Crippen molar-refractivity contribution < 1.29 is 18.0 Å². The Balaban J connectivity index is 1.39. The molecule has 0 saturated heterocycles. The second-order valence-corrected chi connectivity index (χ2v) is 9.73. The Hall–Kier alpha value is -4.74. The molecule has 0 radical (unpaired) electrons. The molecule has 0 fully saturated rings. The van der Waals surface area contributed by atoms with E-state index in [0.717, 1.165) is 41.4 Å². The van der Waals surface area contributed by atoms with Crippen molar-refractivity contribution in [3.05, 3.63) is 132 Å². The van der Waals surface area contributed by atoms with Crippen molar-refractivity contribution in [2.24, 2.45) is 5.73 Å². The number of benzene rings is 3. The normalized spacial score (nSPS) is 12.3. The van der Waals surface area contributed by atoms with Gasteiger partial charge in [-0.25, -0.2) is 9.67 Å². The van der Waals surface area contributed by atoms with Crippen LogP contribution in [0.25, 0.3) is 5.69 Å². The van der Waals surface area contributed by atoms with Gasteiger partial charge in [0.2, 0.25) is 0 Å². The number of anilines is 1. The van der Waals surface area contributed by atoms with Gasteiger partial charge in [-0.15, -0.1) is 0 Å². The highest BCUT2D eigenvalue weighted by molar-refractivity contribution is 6.03. The SMILES string of the molecule is NCc1cccc(-n2nc(C(F)(F)F)cc2C(=O)Nc2cccc(C(NCCCn3ccnc3)c3ccccc3)c2)c1. The van der Waals surface area contributed by atoms with Gasteiger partial charge in [0, 0.05) is 37.2 Å². The molecule has 42 heavy (non-hydrogen) atoms. The van der Waals surface area contributed by atoms with E-state index in [1.165, 1.54) is 0 Å². The first-order chi connectivity index (χ1) is 20.3. The Labute approximate surface area is 241 Å². The molecule has 0 aliphatic heterocycles. The third-order valence-electron chi connectivity index (χ3n) is 6.73. The molecule has 11 heteroatoms. The summed E-state index contributed by atoms with van der Waals surface area (Å²) in [5.74, 6) is -0.724. The van der Waals surface area contributed by atoms with Crippen molar-refractivity contribution in [2.45, 2.75) is 31.7 Å². The first-order valence-corrected chi connectivity index (χ1v) is 13.4. The molecule has 2 heterocycles. The second kappa shape index (κ2) is 12.8. The van der Waals surface area contributed by atoms with Crippen molar-refractivity contribution in [3.63, 3.8) is 0 Å². The Morgan fingerprint density at radius 1 is 0.952 bits per heavy atom. The number of rotatable bonds is 11. The van der Waals surface area contributed by atoms with E-state index in [0.29, 0.717) is 16.9 Å². The zero-order valence-electron chi connectivity index (χ0n) is 22.6. The van der Waals surface area contributed by atoms with Crippen LogP contribution >= 0.6 is 0 Å². The molecule has 0 aliphatic rings. The molecule has 2 aromatic heterocycles. The van der Waals surface area contributed by atoms with E-state index >= 15 is 0 Å². The molecule has 216 valence electrons. The highest BCUT2D eigenvalue weighted by Gasteiger charge is 2.36. The number of nitrogens with one attached hydrogen (secondary N) is 2. The molecular formula is C31H30F3N7O. The minimum atomic E-state index is -4.72. The number of hydrogen-bond donors (Lipinski definition) is 3. The summed E-state index contributed by atoms with van der Waals surface area (Å²) in [6.45, 7) is 1.72. The van der Waals surface area contributed by atoms with Crippen LogP contribution < -0.4 is 16.4 Å². The van der Waals surface area contributed by atoms with Crippen LogP contribution in [0.4, 0.5) is 18.9 Å². The van der Waals surface area contributed by atoms with E-state index < -0.39 is 17.8 Å². The van der Waals surface area contributed by atoms with Crippen molar-refractivity contribution in [1.29, 1.82) is 0 Å². The number of aryl methyl sites for hydroxylation is 1. The summed E-state index contributed by atoms with van der Waals surface area (Å²) in [6, 6.07) is 24.3. The first kappa shape index (κ1) is 28.8. The topological polar surface area (TPSA) is 103 Å². The molecule has 0 bridgehead atoms. The van der Waals surface area contributed by atoms with E-state index in [4.69, 9.17) is 5.73 Å². The third-order valence-corrected chi connectivity index (χ3v) is 6.73. The van der Waals surface area contributed by atoms with Crippen molar-refractivity contribution in [3.8, 4) is 5.69 Å². The Kier molecular flexibility index (Phi) is 8.80. The van der Waals surface area contributed by atoms with Crippen LogP contribution in [0.15, 0.2) is 104 Å². The number of hydrogen-bond acceptors (Lipinski definition) is 5. The molecular weight excluding hydrogens is 543 g/mol. The van der Waals surface area contributed by atoms with Crippen molar-refractivity contribution in [2.75, 3.05) is 11.9 Å². The van der Waals surface area contributed by atoms with Gasteiger partial charge in [-0.3, -0.25) is 4.79 Å². The lowest BCUT2D eigenvalue weighted by Crippen LogP contribution is -2.24. The van der Waals surface area contributed by atoms with Crippen LogP contribution in [0, 0.1) is 0 Å². The molecule has 1 unspecified atom stereocenters. The van der Waals surface area contributed by atoms with Gasteiger partial charge in [0.15, 0.2) is 5.69 Å². The van der Waals surface area contributed by atoms with E-state index in [9.17, 15) is 18.0 Å². The number of alkyl halides is 3. The molecule has 3 aromatic carbocycles. The fourth-order valence-corrected chi connectivity index (χ4v) is 4.69. The van der Waals surface area contributed by atoms with Crippen molar-refractivity contribution in [1.82, 2.24) is 24.6 Å². The average molecular weight is 574 g/mol. The number of carbonyl (C=O) groups is 1. The number of imidazole rings is 1. The molecule has 1 amide bonds. The van der Waals surface area contributed by atoms with Gasteiger partial charge in [0.05, 0.1) is 18.1 Å². The Morgan fingerprint density at radius 3 is 2.48 bits per heavy atom.